The van der Waals surface area contributed by atoms with Crippen LogP contribution in [-0.4, -0.2) is 40.9 Å². The molecule has 1 rings (SSSR count). The lowest BCUT2D eigenvalue weighted by atomic mass is 10.0. The lowest BCUT2D eigenvalue weighted by Gasteiger charge is -2.18. The average Bonchev–Trinajstić information content (AvgIpc) is 2.37. The van der Waals surface area contributed by atoms with Gasteiger partial charge in [-0.2, -0.15) is 0 Å². The van der Waals surface area contributed by atoms with Gasteiger partial charge in [0.2, 0.25) is 11.8 Å². The number of nitrogens with zero attached hydrogens (tertiary/aromatic N) is 1. The first-order valence-electron chi connectivity index (χ1n) is 5.85. The number of anilines is 1. The van der Waals surface area contributed by atoms with Crippen LogP contribution in [-0.2, 0) is 4.79 Å². The number of amides is 1. The third-order valence-electron chi connectivity index (χ3n) is 2.61. The molecule has 2 atom stereocenters. The van der Waals surface area contributed by atoms with Crippen molar-refractivity contribution in [2.45, 2.75) is 25.6 Å². The van der Waals surface area contributed by atoms with Crippen LogP contribution in [0.25, 0.3) is 0 Å². The summed E-state index contributed by atoms with van der Waals surface area (Å²) in [6.07, 6.45) is -0.510. The summed E-state index contributed by atoms with van der Waals surface area (Å²) in [5.41, 5.74) is 6.35. The summed E-state index contributed by atoms with van der Waals surface area (Å²) in [5.74, 6) is 0.0840. The maximum atomic E-state index is 10.7. The van der Waals surface area contributed by atoms with Crippen molar-refractivity contribution in [1.82, 2.24) is 10.3 Å². The first-order chi connectivity index (χ1) is 8.95. The topological polar surface area (TPSA) is 118 Å². The van der Waals surface area contributed by atoms with Gasteiger partial charge in [-0.3, -0.25) is 4.79 Å². The van der Waals surface area contributed by atoms with Gasteiger partial charge in [0.1, 0.15) is 6.10 Å². The molecule has 0 saturated heterocycles. The van der Waals surface area contributed by atoms with Crippen LogP contribution in [0.3, 0.4) is 0 Å². The number of pyridine rings is 1. The van der Waals surface area contributed by atoms with E-state index in [-0.39, 0.29) is 30.4 Å². The number of nitrogens with two attached hydrogens (primary N) is 1. The lowest BCUT2D eigenvalue weighted by Crippen LogP contribution is -2.27. The Morgan fingerprint density at radius 1 is 1.58 bits per heavy atom. The van der Waals surface area contributed by atoms with Crippen molar-refractivity contribution in [2.75, 3.05) is 19.4 Å². The number of nitrogen functional groups attached to an aromatic ring is 1. The Morgan fingerprint density at radius 3 is 2.79 bits per heavy atom. The summed E-state index contributed by atoms with van der Waals surface area (Å²) < 4.78 is 4.90. The third-order valence-corrected chi connectivity index (χ3v) is 2.61. The van der Waals surface area contributed by atoms with Crippen LogP contribution in [0.1, 0.15) is 25.0 Å². The largest absolute Gasteiger partial charge is 0.480 e. The fourth-order valence-corrected chi connectivity index (χ4v) is 1.59. The van der Waals surface area contributed by atoms with E-state index < -0.39 is 12.2 Å². The molecule has 1 aromatic heterocycles. The standard InChI is InChI=1S/C12H19N3O4/c1-7(16)14-4-3-10(17)11(18)8-5-9(13)12(19-2)15-6-8/h5-6,10-11,17-18H,3-4,13H2,1-2H3,(H,14,16). The number of carbonyl (C=O) groups is 1. The summed E-state index contributed by atoms with van der Waals surface area (Å²) in [4.78, 5) is 14.6. The highest BCUT2D eigenvalue weighted by molar-refractivity contribution is 5.72. The van der Waals surface area contributed by atoms with E-state index >= 15 is 0 Å². The smallest absolute Gasteiger partial charge is 0.236 e. The van der Waals surface area contributed by atoms with Crippen molar-refractivity contribution >= 4 is 11.6 Å². The molecule has 106 valence electrons. The van der Waals surface area contributed by atoms with Gasteiger partial charge in [0, 0.05) is 25.2 Å². The van der Waals surface area contributed by atoms with Gasteiger partial charge in [0.05, 0.1) is 18.9 Å². The van der Waals surface area contributed by atoms with Gasteiger partial charge in [-0.15, -0.1) is 0 Å². The normalized spacial score (nSPS) is 13.7. The van der Waals surface area contributed by atoms with Crippen LogP contribution in [0.5, 0.6) is 5.88 Å². The molecule has 7 nitrogen and oxygen atoms in total. The van der Waals surface area contributed by atoms with Crippen LogP contribution >= 0.6 is 0 Å². The van der Waals surface area contributed by atoms with E-state index in [0.717, 1.165) is 0 Å². The highest BCUT2D eigenvalue weighted by Crippen LogP contribution is 2.24. The molecule has 19 heavy (non-hydrogen) atoms. The van der Waals surface area contributed by atoms with Crippen molar-refractivity contribution in [3.8, 4) is 5.88 Å². The number of aliphatic hydroxyl groups excluding tert-OH is 2. The quantitative estimate of drug-likeness (QED) is 0.558. The SMILES string of the molecule is COc1ncc(C(O)C(O)CCNC(C)=O)cc1N. The molecular formula is C12H19N3O4. The lowest BCUT2D eigenvalue weighted by molar-refractivity contribution is -0.119. The van der Waals surface area contributed by atoms with Crippen LogP contribution in [0.4, 0.5) is 5.69 Å². The van der Waals surface area contributed by atoms with E-state index in [0.29, 0.717) is 5.56 Å². The van der Waals surface area contributed by atoms with Crippen LogP contribution in [0.15, 0.2) is 12.3 Å². The molecule has 0 fully saturated rings. The highest BCUT2D eigenvalue weighted by atomic mass is 16.5. The van der Waals surface area contributed by atoms with Crippen LogP contribution in [0.2, 0.25) is 0 Å². The summed E-state index contributed by atoms with van der Waals surface area (Å²) in [6, 6.07) is 1.50. The maximum absolute atomic E-state index is 10.7. The third kappa shape index (κ3) is 4.38. The Bertz CT molecular complexity index is 439. The molecule has 1 amide bonds. The van der Waals surface area contributed by atoms with Crippen molar-refractivity contribution in [1.29, 1.82) is 0 Å². The second-order valence-electron chi connectivity index (χ2n) is 4.15. The van der Waals surface area contributed by atoms with Gasteiger partial charge in [-0.1, -0.05) is 0 Å². The van der Waals surface area contributed by atoms with E-state index in [1.54, 1.807) is 0 Å². The molecule has 0 bridgehead atoms. The van der Waals surface area contributed by atoms with Gasteiger partial charge in [0.25, 0.3) is 0 Å². The number of methoxy groups -OCH3 is 1. The maximum Gasteiger partial charge on any atom is 0.236 e. The molecule has 0 aromatic carbocycles. The van der Waals surface area contributed by atoms with Crippen LogP contribution in [0, 0.1) is 0 Å². The van der Waals surface area contributed by atoms with Gasteiger partial charge in [-0.05, 0) is 12.5 Å². The number of hydrogen-bond donors (Lipinski definition) is 4. The molecule has 2 unspecified atom stereocenters. The Morgan fingerprint density at radius 2 is 2.26 bits per heavy atom. The fourth-order valence-electron chi connectivity index (χ4n) is 1.59. The van der Waals surface area contributed by atoms with E-state index in [1.165, 1.54) is 26.3 Å². The van der Waals surface area contributed by atoms with E-state index in [4.69, 9.17) is 10.5 Å². The molecular weight excluding hydrogens is 250 g/mol. The number of aliphatic hydroxyl groups is 2. The highest BCUT2D eigenvalue weighted by Gasteiger charge is 2.19. The minimum atomic E-state index is -1.12. The van der Waals surface area contributed by atoms with Crippen molar-refractivity contribution < 1.29 is 19.7 Å². The summed E-state index contributed by atoms with van der Waals surface area (Å²) >= 11 is 0. The predicted molar refractivity (Wildman–Crippen MR) is 69.5 cm³/mol. The summed E-state index contributed by atoms with van der Waals surface area (Å²) in [6.45, 7) is 1.67. The van der Waals surface area contributed by atoms with Gasteiger partial charge in [0.15, 0.2) is 0 Å². The first kappa shape index (κ1) is 15.2. The van der Waals surface area contributed by atoms with Crippen molar-refractivity contribution in [3.05, 3.63) is 17.8 Å². The molecule has 1 heterocycles. The number of nitrogens with one attached hydrogen (secondary N) is 1. The van der Waals surface area contributed by atoms with Crippen molar-refractivity contribution in [2.24, 2.45) is 0 Å². The minimum Gasteiger partial charge on any atom is -0.480 e. The van der Waals surface area contributed by atoms with Crippen molar-refractivity contribution in [3.63, 3.8) is 0 Å². The van der Waals surface area contributed by atoms with E-state index in [2.05, 4.69) is 10.3 Å². The predicted octanol–water partition coefficient (Wildman–Crippen LogP) is -0.407. The average molecular weight is 269 g/mol. The molecule has 0 aliphatic carbocycles. The minimum absolute atomic E-state index is 0.183. The summed E-state index contributed by atoms with van der Waals surface area (Å²) in [5, 5.41) is 22.3. The fraction of sp³-hybridized carbons (Fsp3) is 0.500. The summed E-state index contributed by atoms with van der Waals surface area (Å²) in [7, 11) is 1.44. The molecule has 0 saturated carbocycles. The van der Waals surface area contributed by atoms with E-state index in [1.807, 2.05) is 0 Å². The number of hydrogen-bond acceptors (Lipinski definition) is 6. The zero-order valence-electron chi connectivity index (χ0n) is 11.0. The van der Waals surface area contributed by atoms with E-state index in [9.17, 15) is 15.0 Å². The Labute approximate surface area is 111 Å². The molecule has 1 aromatic rings. The zero-order valence-corrected chi connectivity index (χ0v) is 11.0. The molecule has 0 aliphatic heterocycles. The number of aromatic nitrogens is 1. The molecule has 5 N–H and O–H groups in total. The second-order valence-corrected chi connectivity index (χ2v) is 4.15. The first-order valence-corrected chi connectivity index (χ1v) is 5.85. The molecule has 0 radical (unpaired) electrons. The number of ether oxygens (including phenoxy) is 1. The monoisotopic (exact) mass is 269 g/mol. The molecule has 0 aliphatic rings. The Balaban J connectivity index is 2.63. The number of carbonyl (C=O) groups excluding carboxylic acids is 1. The Kier molecular flexibility index (Phi) is 5.53. The second kappa shape index (κ2) is 6.91. The Hall–Kier alpha value is -1.86. The molecule has 0 spiro atoms. The van der Waals surface area contributed by atoms with Gasteiger partial charge < -0.3 is 26.0 Å². The van der Waals surface area contributed by atoms with Gasteiger partial charge >= 0.3 is 0 Å². The number of rotatable bonds is 6. The van der Waals surface area contributed by atoms with Crippen LogP contribution < -0.4 is 15.8 Å². The zero-order chi connectivity index (χ0) is 14.4. The molecule has 7 heteroatoms. The van der Waals surface area contributed by atoms with Gasteiger partial charge in [-0.25, -0.2) is 4.98 Å².